The second-order valence-corrected chi connectivity index (χ2v) is 4.44. The van der Waals surface area contributed by atoms with Gasteiger partial charge in [-0.05, 0) is 24.1 Å². The van der Waals surface area contributed by atoms with Crippen LogP contribution in [-0.4, -0.2) is 53.4 Å². The first-order chi connectivity index (χ1) is 9.61. The zero-order chi connectivity index (χ0) is 14.5. The maximum atomic E-state index is 11.7. The van der Waals surface area contributed by atoms with Crippen LogP contribution in [-0.2, 0) is 32.2 Å². The van der Waals surface area contributed by atoms with Crippen LogP contribution >= 0.6 is 0 Å². The molecule has 1 aromatic rings. The molecule has 2 rings (SSSR count). The number of amides is 1. The van der Waals surface area contributed by atoms with Gasteiger partial charge >= 0.3 is 12.1 Å². The molecule has 114 valence electrons. The van der Waals surface area contributed by atoms with E-state index in [0.717, 1.165) is 5.56 Å². The zero-order valence-electron chi connectivity index (χ0n) is 11.5. The fraction of sp³-hybridized carbons (Fsp3) is 0.357. The van der Waals surface area contributed by atoms with E-state index >= 15 is 0 Å². The Labute approximate surface area is 137 Å². The number of aromatic carboxylic acids is 1. The summed E-state index contributed by atoms with van der Waals surface area (Å²) in [5.74, 6) is -0.945. The second-order valence-electron chi connectivity index (χ2n) is 4.44. The first-order valence-corrected chi connectivity index (χ1v) is 6.42. The molecule has 1 heterocycles. The van der Waals surface area contributed by atoms with Gasteiger partial charge in [0.25, 0.3) is 0 Å². The molecule has 21 heavy (non-hydrogen) atoms. The number of hydrazine groups is 1. The smallest absolute Gasteiger partial charge is 0.424 e. The molecular weight excluding hydrogens is 444 g/mol. The van der Waals surface area contributed by atoms with Crippen LogP contribution in [0.1, 0.15) is 15.9 Å². The Morgan fingerprint density at radius 2 is 2.00 bits per heavy atom. The van der Waals surface area contributed by atoms with Crippen LogP contribution in [0, 0.1) is 6.92 Å². The summed E-state index contributed by atoms with van der Waals surface area (Å²) in [7, 11) is 0. The topological polar surface area (TPSA) is 70.1 Å². The third-order valence-corrected chi connectivity index (χ3v) is 3.20. The van der Waals surface area contributed by atoms with E-state index in [-0.39, 0.29) is 32.7 Å². The van der Waals surface area contributed by atoms with Crippen molar-refractivity contribution in [2.45, 2.75) is 6.42 Å². The van der Waals surface area contributed by atoms with Gasteiger partial charge in [-0.15, -0.1) is 6.54 Å². The molecule has 1 saturated heterocycles. The van der Waals surface area contributed by atoms with Crippen molar-refractivity contribution in [2.24, 2.45) is 0 Å². The van der Waals surface area contributed by atoms with Crippen molar-refractivity contribution in [1.82, 2.24) is 10.0 Å². The van der Waals surface area contributed by atoms with E-state index in [4.69, 9.17) is 9.84 Å². The fourth-order valence-corrected chi connectivity index (χ4v) is 2.06. The molecule has 1 aliphatic rings. The van der Waals surface area contributed by atoms with Crippen molar-refractivity contribution < 1.29 is 40.5 Å². The van der Waals surface area contributed by atoms with Crippen LogP contribution in [0.4, 0.5) is 4.79 Å². The van der Waals surface area contributed by atoms with E-state index < -0.39 is 5.97 Å². The minimum Gasteiger partial charge on any atom is -0.478 e. The molecule has 1 aromatic carbocycles. The fourth-order valence-electron chi connectivity index (χ4n) is 2.06. The Balaban J connectivity index is 0.00000220. The minimum atomic E-state index is -0.945. The van der Waals surface area contributed by atoms with E-state index in [1.807, 2.05) is 5.01 Å². The molecule has 0 unspecified atom stereocenters. The Morgan fingerprint density at radius 3 is 2.57 bits per heavy atom. The van der Waals surface area contributed by atoms with Gasteiger partial charge in [-0.2, -0.15) is 0 Å². The Kier molecular flexibility index (Phi) is 6.85. The first kappa shape index (κ1) is 17.7. The Morgan fingerprint density at radius 1 is 1.33 bits per heavy atom. The van der Waals surface area contributed by atoms with E-state index in [1.165, 1.54) is 0 Å². The number of nitrogens with zero attached hydrogens (tertiary/aromatic N) is 2. The van der Waals surface area contributed by atoms with Crippen LogP contribution in [0.5, 0.6) is 0 Å². The average molecular weight is 461 g/mol. The molecule has 1 fully saturated rings. The number of benzene rings is 1. The molecule has 0 aliphatic carbocycles. The van der Waals surface area contributed by atoms with Crippen LogP contribution in [0.15, 0.2) is 24.3 Å². The predicted octanol–water partition coefficient (Wildman–Crippen LogP) is 1.43. The van der Waals surface area contributed by atoms with Gasteiger partial charge in [-0.1, -0.05) is 12.1 Å². The minimum absolute atomic E-state index is 0. The SMILES string of the molecule is [CH2-]CN1CCOC(=O)N1CCc1ccc(C(=O)O)cc1.[W]. The largest absolute Gasteiger partial charge is 0.478 e. The second kappa shape index (κ2) is 8.15. The molecule has 0 saturated carbocycles. The number of ether oxygens (including phenoxy) is 1. The van der Waals surface area contributed by atoms with Crippen LogP contribution < -0.4 is 0 Å². The number of hydrogen-bond acceptors (Lipinski definition) is 4. The molecule has 1 aliphatic heterocycles. The standard InChI is InChI=1S/C14H17N2O4.W/c1-2-15-9-10-20-14(19)16(15)8-7-11-3-5-12(6-4-11)13(17)18;/h3-6H,1-2,7-10H2,(H,17,18);/q-1;. The molecule has 0 spiro atoms. The average Bonchev–Trinajstić information content (AvgIpc) is 2.46. The van der Waals surface area contributed by atoms with Crippen molar-refractivity contribution in [3.8, 4) is 0 Å². The van der Waals surface area contributed by atoms with Crippen molar-refractivity contribution in [1.29, 1.82) is 0 Å². The van der Waals surface area contributed by atoms with E-state index in [2.05, 4.69) is 6.92 Å². The molecule has 1 amide bonds. The third kappa shape index (κ3) is 4.54. The summed E-state index contributed by atoms with van der Waals surface area (Å²) in [6, 6.07) is 6.64. The molecule has 6 nitrogen and oxygen atoms in total. The summed E-state index contributed by atoms with van der Waals surface area (Å²) >= 11 is 0. The number of hydrogen-bond donors (Lipinski definition) is 1. The van der Waals surface area contributed by atoms with Gasteiger partial charge < -0.3 is 16.8 Å². The number of cyclic esters (lactones) is 1. The van der Waals surface area contributed by atoms with E-state index in [1.54, 1.807) is 29.3 Å². The molecule has 0 atom stereocenters. The van der Waals surface area contributed by atoms with Crippen molar-refractivity contribution in [3.05, 3.63) is 42.3 Å². The summed E-state index contributed by atoms with van der Waals surface area (Å²) in [6.07, 6.45) is 0.271. The maximum absolute atomic E-state index is 11.7. The van der Waals surface area contributed by atoms with Crippen LogP contribution in [0.3, 0.4) is 0 Å². The van der Waals surface area contributed by atoms with Gasteiger partial charge in [0.2, 0.25) is 0 Å². The molecule has 7 heteroatoms. The maximum Gasteiger partial charge on any atom is 0.424 e. The van der Waals surface area contributed by atoms with Crippen LogP contribution in [0.25, 0.3) is 0 Å². The van der Waals surface area contributed by atoms with E-state index in [9.17, 15) is 9.59 Å². The molecule has 0 aromatic heterocycles. The number of carboxylic acid groups (broad SMARTS) is 1. The van der Waals surface area contributed by atoms with Crippen molar-refractivity contribution >= 4 is 12.1 Å². The van der Waals surface area contributed by atoms with Gasteiger partial charge in [0.05, 0.1) is 5.56 Å². The summed E-state index contributed by atoms with van der Waals surface area (Å²) in [5.41, 5.74) is 1.22. The number of carboxylic acids is 1. The molecular formula is C14H17N2O4W-. The normalized spacial score (nSPS) is 15.3. The Bertz CT molecular complexity index is 492. The third-order valence-electron chi connectivity index (χ3n) is 3.20. The summed E-state index contributed by atoms with van der Waals surface area (Å²) in [6.45, 7) is 5.82. The summed E-state index contributed by atoms with van der Waals surface area (Å²) < 4.78 is 5.00. The number of rotatable bonds is 5. The van der Waals surface area contributed by atoms with E-state index in [0.29, 0.717) is 32.7 Å². The zero-order valence-corrected chi connectivity index (χ0v) is 14.5. The molecule has 0 radical (unpaired) electrons. The van der Waals surface area contributed by atoms with Gasteiger partial charge in [-0.3, -0.25) is 0 Å². The molecule has 0 bridgehead atoms. The number of carbonyl (C=O) groups is 2. The van der Waals surface area contributed by atoms with Gasteiger partial charge in [0.15, 0.2) is 0 Å². The molecule has 1 N–H and O–H groups in total. The van der Waals surface area contributed by atoms with Crippen molar-refractivity contribution in [2.75, 3.05) is 26.2 Å². The number of carbonyl (C=O) groups excluding carboxylic acids is 1. The first-order valence-electron chi connectivity index (χ1n) is 6.42. The van der Waals surface area contributed by atoms with Gasteiger partial charge in [0.1, 0.15) is 6.61 Å². The van der Waals surface area contributed by atoms with Gasteiger partial charge in [0, 0.05) is 34.2 Å². The van der Waals surface area contributed by atoms with Gasteiger partial charge in [-0.25, -0.2) is 19.6 Å². The Hall–Kier alpha value is -1.39. The summed E-state index contributed by atoms with van der Waals surface area (Å²) in [4.78, 5) is 22.4. The summed E-state index contributed by atoms with van der Waals surface area (Å²) in [5, 5.41) is 12.2. The predicted molar refractivity (Wildman–Crippen MR) is 72.1 cm³/mol. The van der Waals surface area contributed by atoms with Crippen LogP contribution in [0.2, 0.25) is 0 Å². The quantitative estimate of drug-likeness (QED) is 0.673. The monoisotopic (exact) mass is 461 g/mol. The van der Waals surface area contributed by atoms with Crippen molar-refractivity contribution in [3.63, 3.8) is 0 Å².